The molecule has 2 unspecified atom stereocenters. The van der Waals surface area contributed by atoms with Crippen molar-refractivity contribution in [2.75, 3.05) is 0 Å². The smallest absolute Gasteiger partial charge is 0.302 e. The second-order valence-electron chi connectivity index (χ2n) is 5.43. The molecule has 0 spiro atoms. The Morgan fingerprint density at radius 1 is 1.15 bits per heavy atom. The third-order valence-corrected chi connectivity index (χ3v) is 5.17. The molecule has 1 aromatic rings. The predicted octanol–water partition coefficient (Wildman–Crippen LogP) is 3.73. The number of rotatable bonds is 3. The number of carbonyl (C=O) groups is 1. The summed E-state index contributed by atoms with van der Waals surface area (Å²) >= 11 is 1.70. The van der Waals surface area contributed by atoms with Gasteiger partial charge in [-0.15, -0.1) is 0 Å². The van der Waals surface area contributed by atoms with Crippen molar-refractivity contribution in [1.29, 1.82) is 0 Å². The van der Waals surface area contributed by atoms with Crippen molar-refractivity contribution < 1.29 is 14.3 Å². The molecule has 0 aliphatic carbocycles. The summed E-state index contributed by atoms with van der Waals surface area (Å²) in [7, 11) is 0. The Bertz CT molecular complexity index is 448. The fourth-order valence-electron chi connectivity index (χ4n) is 2.53. The van der Waals surface area contributed by atoms with E-state index in [9.17, 15) is 4.79 Å². The monoisotopic (exact) mass is 294 g/mol. The second kappa shape index (κ2) is 6.64. The highest BCUT2D eigenvalue weighted by molar-refractivity contribution is 7.99. The molecule has 20 heavy (non-hydrogen) atoms. The summed E-state index contributed by atoms with van der Waals surface area (Å²) in [5, 5.41) is 0. The minimum atomic E-state index is -0.216. The molecule has 1 saturated heterocycles. The number of esters is 1. The molecule has 1 heterocycles. The molecule has 5 atom stereocenters. The van der Waals surface area contributed by atoms with E-state index >= 15 is 0 Å². The molecule has 1 aromatic carbocycles. The van der Waals surface area contributed by atoms with Crippen molar-refractivity contribution >= 4 is 17.7 Å². The Kier molecular flexibility index (Phi) is 5.11. The summed E-state index contributed by atoms with van der Waals surface area (Å²) in [5.41, 5.74) is 0.00736. The normalized spacial score (nSPS) is 33.7. The molecule has 3 nitrogen and oxygen atoms in total. The predicted molar refractivity (Wildman–Crippen MR) is 80.5 cm³/mol. The quantitative estimate of drug-likeness (QED) is 0.796. The van der Waals surface area contributed by atoms with Gasteiger partial charge in [-0.1, -0.05) is 43.8 Å². The van der Waals surface area contributed by atoms with Crippen LogP contribution in [0.2, 0.25) is 0 Å². The maximum absolute atomic E-state index is 11.3. The first kappa shape index (κ1) is 15.4. The molecule has 1 fully saturated rings. The lowest BCUT2D eigenvalue weighted by molar-refractivity contribution is -0.173. The third-order valence-electron chi connectivity index (χ3n) is 3.85. The van der Waals surface area contributed by atoms with Crippen LogP contribution in [0.5, 0.6) is 0 Å². The molecule has 0 saturated carbocycles. The van der Waals surface area contributed by atoms with Gasteiger partial charge < -0.3 is 9.47 Å². The zero-order chi connectivity index (χ0) is 14.7. The molecule has 0 N–H and O–H groups in total. The fourth-order valence-corrected chi connectivity index (χ4v) is 3.72. The number of benzene rings is 1. The van der Waals surface area contributed by atoms with Crippen molar-refractivity contribution in [1.82, 2.24) is 0 Å². The molecule has 4 heteroatoms. The van der Waals surface area contributed by atoms with E-state index in [-0.39, 0.29) is 35.4 Å². The van der Waals surface area contributed by atoms with Gasteiger partial charge in [-0.3, -0.25) is 4.79 Å². The zero-order valence-electron chi connectivity index (χ0n) is 12.4. The van der Waals surface area contributed by atoms with Crippen molar-refractivity contribution in [3.05, 3.63) is 30.3 Å². The number of carbonyl (C=O) groups excluding carboxylic acids is 1. The highest BCUT2D eigenvalue weighted by atomic mass is 32.2. The Morgan fingerprint density at radius 3 is 2.40 bits per heavy atom. The molecule has 2 rings (SSSR count). The van der Waals surface area contributed by atoms with Crippen LogP contribution in [0.15, 0.2) is 35.2 Å². The lowest BCUT2D eigenvalue weighted by Crippen LogP contribution is -2.48. The number of hydrogen-bond donors (Lipinski definition) is 0. The number of thioether (sulfide) groups is 1. The Hall–Kier alpha value is -1.00. The topological polar surface area (TPSA) is 35.5 Å². The van der Waals surface area contributed by atoms with E-state index in [1.54, 1.807) is 11.8 Å². The van der Waals surface area contributed by atoms with Gasteiger partial charge in [0, 0.05) is 23.7 Å². The Morgan fingerprint density at radius 2 is 1.80 bits per heavy atom. The minimum Gasteiger partial charge on any atom is -0.462 e. The van der Waals surface area contributed by atoms with E-state index in [2.05, 4.69) is 26.0 Å². The van der Waals surface area contributed by atoms with E-state index in [1.807, 2.05) is 25.1 Å². The minimum absolute atomic E-state index is 0.00736. The summed E-state index contributed by atoms with van der Waals surface area (Å²) in [4.78, 5) is 12.5. The van der Waals surface area contributed by atoms with E-state index < -0.39 is 0 Å². The molecule has 0 aromatic heterocycles. The zero-order valence-corrected chi connectivity index (χ0v) is 13.2. The van der Waals surface area contributed by atoms with Crippen LogP contribution in [-0.2, 0) is 14.3 Å². The third kappa shape index (κ3) is 3.55. The standard InChI is InChI=1S/C16H22O3S/c1-10-12(3)18-16(11(2)15(10)19-13(4)17)20-14-8-6-5-7-9-14/h5-12,15-16H,1-4H3/t10-,11?,12?,15-,16+/m0/s1. The highest BCUT2D eigenvalue weighted by Crippen LogP contribution is 2.39. The molecule has 1 aliphatic heterocycles. The molecule has 1 aliphatic rings. The van der Waals surface area contributed by atoms with Crippen LogP contribution in [0, 0.1) is 11.8 Å². The van der Waals surface area contributed by atoms with Gasteiger partial charge in [0.2, 0.25) is 0 Å². The van der Waals surface area contributed by atoms with Crippen LogP contribution in [-0.4, -0.2) is 23.6 Å². The summed E-state index contributed by atoms with van der Waals surface area (Å²) in [6.45, 7) is 7.69. The lowest BCUT2D eigenvalue weighted by Gasteiger charge is -2.42. The summed E-state index contributed by atoms with van der Waals surface area (Å²) < 4.78 is 11.6. The first-order valence-electron chi connectivity index (χ1n) is 7.03. The van der Waals surface area contributed by atoms with Crippen LogP contribution in [0.3, 0.4) is 0 Å². The maximum atomic E-state index is 11.3. The van der Waals surface area contributed by atoms with Gasteiger partial charge in [0.05, 0.1) is 6.10 Å². The van der Waals surface area contributed by atoms with Crippen LogP contribution in [0.25, 0.3) is 0 Å². The van der Waals surface area contributed by atoms with Gasteiger partial charge >= 0.3 is 5.97 Å². The van der Waals surface area contributed by atoms with Crippen molar-refractivity contribution in [2.24, 2.45) is 11.8 Å². The van der Waals surface area contributed by atoms with Gasteiger partial charge in [-0.05, 0) is 19.1 Å². The lowest BCUT2D eigenvalue weighted by atomic mass is 9.87. The highest BCUT2D eigenvalue weighted by Gasteiger charge is 2.41. The Balaban J connectivity index is 2.11. The van der Waals surface area contributed by atoms with Gasteiger partial charge in [-0.2, -0.15) is 0 Å². The van der Waals surface area contributed by atoms with Crippen LogP contribution >= 0.6 is 11.8 Å². The SMILES string of the molecule is CC(=O)O[C@@H]1C(C)[C@@H](Sc2ccccc2)OC(C)[C@@H]1C. The van der Waals surface area contributed by atoms with E-state index in [4.69, 9.17) is 9.47 Å². The van der Waals surface area contributed by atoms with E-state index in [0.29, 0.717) is 0 Å². The van der Waals surface area contributed by atoms with Gasteiger partial charge in [0.25, 0.3) is 0 Å². The molecule has 110 valence electrons. The van der Waals surface area contributed by atoms with Crippen LogP contribution in [0.1, 0.15) is 27.7 Å². The summed E-state index contributed by atoms with van der Waals surface area (Å²) in [6.07, 6.45) is -0.00535. The average Bonchev–Trinajstić information content (AvgIpc) is 2.42. The van der Waals surface area contributed by atoms with Gasteiger partial charge in [0.15, 0.2) is 0 Å². The van der Waals surface area contributed by atoms with Gasteiger partial charge in [-0.25, -0.2) is 0 Å². The maximum Gasteiger partial charge on any atom is 0.302 e. The molecular formula is C16H22O3S. The van der Waals surface area contributed by atoms with E-state index in [0.717, 1.165) is 0 Å². The molecule has 0 amide bonds. The van der Waals surface area contributed by atoms with Crippen LogP contribution < -0.4 is 0 Å². The Labute approximate surface area is 125 Å². The largest absolute Gasteiger partial charge is 0.462 e. The van der Waals surface area contributed by atoms with Crippen LogP contribution in [0.4, 0.5) is 0 Å². The van der Waals surface area contributed by atoms with E-state index in [1.165, 1.54) is 11.8 Å². The molecular weight excluding hydrogens is 272 g/mol. The molecule has 0 radical (unpaired) electrons. The fraction of sp³-hybridized carbons (Fsp3) is 0.562. The number of hydrogen-bond acceptors (Lipinski definition) is 4. The van der Waals surface area contributed by atoms with Crippen molar-refractivity contribution in [2.45, 2.75) is 50.2 Å². The number of ether oxygens (including phenoxy) is 2. The second-order valence-corrected chi connectivity index (χ2v) is 6.60. The van der Waals surface area contributed by atoms with Crippen molar-refractivity contribution in [3.8, 4) is 0 Å². The molecule has 0 bridgehead atoms. The summed E-state index contributed by atoms with van der Waals surface area (Å²) in [6, 6.07) is 10.2. The first-order chi connectivity index (χ1) is 9.49. The van der Waals surface area contributed by atoms with Gasteiger partial charge in [0.1, 0.15) is 11.5 Å². The van der Waals surface area contributed by atoms with Crippen molar-refractivity contribution in [3.63, 3.8) is 0 Å². The average molecular weight is 294 g/mol. The summed E-state index contributed by atoms with van der Waals surface area (Å²) in [5.74, 6) is 0.156. The first-order valence-corrected chi connectivity index (χ1v) is 7.91.